The van der Waals surface area contributed by atoms with E-state index in [0.29, 0.717) is 11.5 Å². The van der Waals surface area contributed by atoms with Crippen molar-refractivity contribution in [3.63, 3.8) is 0 Å². The van der Waals surface area contributed by atoms with Crippen LogP contribution in [0.25, 0.3) is 21.9 Å². The Morgan fingerprint density at radius 1 is 1.18 bits per heavy atom. The highest BCUT2D eigenvalue weighted by Crippen LogP contribution is 2.27. The average Bonchev–Trinajstić information content (AvgIpc) is 2.93. The van der Waals surface area contributed by atoms with Gasteiger partial charge in [-0.25, -0.2) is 4.98 Å². The molecule has 0 atom stereocenters. The lowest BCUT2D eigenvalue weighted by Crippen LogP contribution is -1.86. The molecule has 0 aliphatic heterocycles. The van der Waals surface area contributed by atoms with Crippen molar-refractivity contribution in [1.82, 2.24) is 15.0 Å². The van der Waals surface area contributed by atoms with Gasteiger partial charge in [0.05, 0.1) is 17.5 Å². The van der Waals surface area contributed by atoms with Crippen LogP contribution in [0.3, 0.4) is 0 Å². The number of hydrogen-bond acceptors (Lipinski definition) is 4. The fourth-order valence-electron chi connectivity index (χ4n) is 1.67. The van der Waals surface area contributed by atoms with Gasteiger partial charge in [0.2, 0.25) is 5.88 Å². The zero-order valence-electron chi connectivity index (χ0n) is 9.52. The number of nitrogens with zero attached hydrogens (tertiary/aromatic N) is 2. The Morgan fingerprint density at radius 3 is 2.76 bits per heavy atom. The van der Waals surface area contributed by atoms with Gasteiger partial charge in [0.25, 0.3) is 0 Å². The van der Waals surface area contributed by atoms with Crippen molar-refractivity contribution in [1.29, 1.82) is 0 Å². The van der Waals surface area contributed by atoms with Crippen LogP contribution in [0.5, 0.6) is 5.88 Å². The second-order valence-electron chi connectivity index (χ2n) is 3.72. The molecule has 86 valence electrons. The molecule has 3 aromatic heterocycles. The Labute approximate surface area is 102 Å². The molecular formula is C12H11N3OS. The van der Waals surface area contributed by atoms with Gasteiger partial charge in [-0.15, -0.1) is 11.3 Å². The lowest BCUT2D eigenvalue weighted by molar-refractivity contribution is 0.399. The van der Waals surface area contributed by atoms with E-state index in [1.807, 2.05) is 12.1 Å². The van der Waals surface area contributed by atoms with Gasteiger partial charge < -0.3 is 9.72 Å². The van der Waals surface area contributed by atoms with Gasteiger partial charge in [0.15, 0.2) is 11.5 Å². The smallest absolute Gasteiger partial charge is 0.215 e. The van der Waals surface area contributed by atoms with E-state index in [-0.39, 0.29) is 0 Å². The van der Waals surface area contributed by atoms with Gasteiger partial charge in [-0.2, -0.15) is 4.98 Å². The summed E-state index contributed by atoms with van der Waals surface area (Å²) in [7, 11) is 1.60. The number of hydrogen-bond donors (Lipinski definition) is 1. The number of fused-ring (bicyclic) bond motifs is 1. The highest BCUT2D eigenvalue weighted by Gasteiger charge is 2.08. The third-order valence-corrected chi connectivity index (χ3v) is 3.51. The Kier molecular flexibility index (Phi) is 2.33. The number of rotatable bonds is 2. The molecule has 3 heterocycles. The number of aryl methyl sites for hydroxylation is 1. The highest BCUT2D eigenvalue weighted by atomic mass is 32.1. The van der Waals surface area contributed by atoms with E-state index in [4.69, 9.17) is 4.74 Å². The number of H-pyrrole nitrogens is 1. The molecule has 0 spiro atoms. The van der Waals surface area contributed by atoms with Crippen LogP contribution < -0.4 is 4.74 Å². The van der Waals surface area contributed by atoms with Crippen LogP contribution in [-0.2, 0) is 0 Å². The fraction of sp³-hybridized carbons (Fsp3) is 0.167. The van der Waals surface area contributed by atoms with Crippen LogP contribution >= 0.6 is 11.3 Å². The van der Waals surface area contributed by atoms with Crippen LogP contribution in [0.2, 0.25) is 0 Å². The molecule has 0 unspecified atom stereocenters. The highest BCUT2D eigenvalue weighted by molar-refractivity contribution is 7.15. The van der Waals surface area contributed by atoms with Gasteiger partial charge in [0.1, 0.15) is 0 Å². The maximum absolute atomic E-state index is 5.08. The second-order valence-corrected chi connectivity index (χ2v) is 5.01. The molecular weight excluding hydrogens is 234 g/mol. The first kappa shape index (κ1) is 10.3. The molecule has 0 aliphatic rings. The number of aromatic amines is 1. The largest absolute Gasteiger partial charge is 0.481 e. The zero-order valence-corrected chi connectivity index (χ0v) is 10.3. The van der Waals surface area contributed by atoms with Crippen molar-refractivity contribution in [2.24, 2.45) is 0 Å². The van der Waals surface area contributed by atoms with E-state index in [0.717, 1.165) is 16.2 Å². The van der Waals surface area contributed by atoms with Gasteiger partial charge >= 0.3 is 0 Å². The molecule has 0 aliphatic carbocycles. The van der Waals surface area contributed by atoms with Crippen molar-refractivity contribution in [2.45, 2.75) is 6.92 Å². The molecule has 0 aromatic carbocycles. The van der Waals surface area contributed by atoms with Crippen molar-refractivity contribution >= 4 is 22.5 Å². The van der Waals surface area contributed by atoms with Crippen LogP contribution in [0.1, 0.15) is 4.88 Å². The summed E-state index contributed by atoms with van der Waals surface area (Å²) in [6, 6.07) is 7.90. The molecule has 0 saturated heterocycles. The van der Waals surface area contributed by atoms with Crippen molar-refractivity contribution in [3.8, 4) is 16.6 Å². The number of pyridine rings is 1. The summed E-state index contributed by atoms with van der Waals surface area (Å²) in [6.45, 7) is 2.08. The number of nitrogens with one attached hydrogen (secondary N) is 1. The van der Waals surface area contributed by atoms with Crippen LogP contribution in [0, 0.1) is 6.92 Å². The first-order chi connectivity index (χ1) is 8.26. The summed E-state index contributed by atoms with van der Waals surface area (Å²) in [5, 5.41) is 0. The Hall–Kier alpha value is -1.88. The minimum absolute atomic E-state index is 0.581. The summed E-state index contributed by atoms with van der Waals surface area (Å²) in [5.41, 5.74) is 1.61. The fourth-order valence-corrected chi connectivity index (χ4v) is 2.48. The van der Waals surface area contributed by atoms with Gasteiger partial charge in [-0.1, -0.05) is 0 Å². The van der Waals surface area contributed by atoms with Crippen LogP contribution in [-0.4, -0.2) is 22.1 Å². The SMILES string of the molecule is COc1ccc2[nH]c(-c3ccc(C)s3)nc2n1. The summed E-state index contributed by atoms with van der Waals surface area (Å²) in [4.78, 5) is 14.4. The first-order valence-corrected chi connectivity index (χ1v) is 6.05. The molecule has 3 aromatic rings. The number of thiophene rings is 1. The number of methoxy groups -OCH3 is 1. The first-order valence-electron chi connectivity index (χ1n) is 5.24. The minimum atomic E-state index is 0.581. The molecule has 0 radical (unpaired) electrons. The lowest BCUT2D eigenvalue weighted by atomic mass is 10.4. The van der Waals surface area contributed by atoms with Gasteiger partial charge in [0, 0.05) is 10.9 Å². The third-order valence-electron chi connectivity index (χ3n) is 2.50. The predicted octanol–water partition coefficient (Wildman–Crippen LogP) is 3.00. The second kappa shape index (κ2) is 3.85. The number of imidazole rings is 1. The molecule has 0 fully saturated rings. The third kappa shape index (κ3) is 1.78. The van der Waals surface area contributed by atoms with E-state index < -0.39 is 0 Å². The summed E-state index contributed by atoms with van der Waals surface area (Å²) in [6.07, 6.45) is 0. The topological polar surface area (TPSA) is 50.8 Å². The maximum atomic E-state index is 5.08. The van der Waals surface area contributed by atoms with Gasteiger partial charge in [-0.05, 0) is 25.1 Å². The average molecular weight is 245 g/mol. The van der Waals surface area contributed by atoms with E-state index in [1.54, 1.807) is 18.4 Å². The standard InChI is InChI=1S/C12H11N3OS/c1-7-3-5-9(17-7)12-13-8-4-6-10(16-2)14-11(8)15-12/h3-6H,1-2H3,(H,13,14,15). The van der Waals surface area contributed by atoms with Crippen LogP contribution in [0.4, 0.5) is 0 Å². The zero-order chi connectivity index (χ0) is 11.8. The quantitative estimate of drug-likeness (QED) is 0.755. The van der Waals surface area contributed by atoms with E-state index >= 15 is 0 Å². The Morgan fingerprint density at radius 2 is 2.06 bits per heavy atom. The van der Waals surface area contributed by atoms with Crippen LogP contribution in [0.15, 0.2) is 24.3 Å². The van der Waals surface area contributed by atoms with Crippen molar-refractivity contribution in [2.75, 3.05) is 7.11 Å². The normalized spacial score (nSPS) is 10.9. The Balaban J connectivity index is 2.13. The predicted molar refractivity (Wildman–Crippen MR) is 68.5 cm³/mol. The van der Waals surface area contributed by atoms with Gasteiger partial charge in [-0.3, -0.25) is 0 Å². The van der Waals surface area contributed by atoms with E-state index in [1.165, 1.54) is 4.88 Å². The molecule has 17 heavy (non-hydrogen) atoms. The molecule has 0 bridgehead atoms. The molecule has 3 rings (SSSR count). The molecule has 0 saturated carbocycles. The molecule has 4 nitrogen and oxygen atoms in total. The van der Waals surface area contributed by atoms with Crippen molar-refractivity contribution < 1.29 is 4.74 Å². The molecule has 1 N–H and O–H groups in total. The van der Waals surface area contributed by atoms with Crippen molar-refractivity contribution in [3.05, 3.63) is 29.1 Å². The summed E-state index contributed by atoms with van der Waals surface area (Å²) in [5.74, 6) is 1.44. The minimum Gasteiger partial charge on any atom is -0.481 e. The number of aromatic nitrogens is 3. The van der Waals surface area contributed by atoms with E-state index in [2.05, 4.69) is 34.0 Å². The monoisotopic (exact) mass is 245 g/mol. The summed E-state index contributed by atoms with van der Waals surface area (Å²) >= 11 is 1.71. The lowest BCUT2D eigenvalue weighted by Gasteiger charge is -1.95. The Bertz CT molecular complexity index is 671. The maximum Gasteiger partial charge on any atom is 0.215 e. The number of ether oxygens (including phenoxy) is 1. The molecule has 0 amide bonds. The van der Waals surface area contributed by atoms with E-state index in [9.17, 15) is 0 Å². The summed E-state index contributed by atoms with van der Waals surface area (Å²) < 4.78 is 5.08. The molecule has 5 heteroatoms.